The number of aromatic hydroxyl groups is 1. The van der Waals surface area contributed by atoms with Crippen molar-refractivity contribution >= 4 is 11.6 Å². The van der Waals surface area contributed by atoms with E-state index < -0.39 is 6.10 Å². The van der Waals surface area contributed by atoms with Crippen molar-refractivity contribution in [1.29, 1.82) is 0 Å². The van der Waals surface area contributed by atoms with Gasteiger partial charge in [-0.1, -0.05) is 11.6 Å². The molecule has 1 aromatic rings. The van der Waals surface area contributed by atoms with Crippen LogP contribution in [0, 0.1) is 6.92 Å². The molecular formula is C11H16ClNO2. The average Bonchev–Trinajstić information content (AvgIpc) is 2.12. The van der Waals surface area contributed by atoms with Gasteiger partial charge in [0.25, 0.3) is 0 Å². The van der Waals surface area contributed by atoms with Crippen LogP contribution in [-0.2, 0) is 6.54 Å². The summed E-state index contributed by atoms with van der Waals surface area (Å²) < 4.78 is 0. The minimum atomic E-state index is -0.396. The summed E-state index contributed by atoms with van der Waals surface area (Å²) >= 11 is 5.88. The summed E-state index contributed by atoms with van der Waals surface area (Å²) in [4.78, 5) is 0. The zero-order chi connectivity index (χ0) is 11.4. The Labute approximate surface area is 94.7 Å². The first-order chi connectivity index (χ1) is 7.00. The Morgan fingerprint density at radius 1 is 1.47 bits per heavy atom. The van der Waals surface area contributed by atoms with E-state index >= 15 is 0 Å². The van der Waals surface area contributed by atoms with Crippen LogP contribution in [0.1, 0.15) is 18.1 Å². The average molecular weight is 230 g/mol. The summed E-state index contributed by atoms with van der Waals surface area (Å²) in [5.74, 6) is 0.262. The second kappa shape index (κ2) is 5.35. The Morgan fingerprint density at radius 2 is 2.13 bits per heavy atom. The van der Waals surface area contributed by atoms with Gasteiger partial charge in [0.2, 0.25) is 0 Å². The lowest BCUT2D eigenvalue weighted by Gasteiger charge is -2.10. The molecule has 84 valence electrons. The van der Waals surface area contributed by atoms with E-state index in [0.717, 1.165) is 11.1 Å². The third kappa shape index (κ3) is 3.70. The Morgan fingerprint density at radius 3 is 2.73 bits per heavy atom. The monoisotopic (exact) mass is 229 g/mol. The maximum Gasteiger partial charge on any atom is 0.123 e. The fourth-order valence-corrected chi connectivity index (χ4v) is 1.65. The van der Waals surface area contributed by atoms with Crippen molar-refractivity contribution in [2.75, 3.05) is 6.54 Å². The molecule has 4 heteroatoms. The zero-order valence-electron chi connectivity index (χ0n) is 8.92. The van der Waals surface area contributed by atoms with Gasteiger partial charge in [-0.15, -0.1) is 0 Å². The summed E-state index contributed by atoms with van der Waals surface area (Å²) in [6, 6.07) is 3.44. The largest absolute Gasteiger partial charge is 0.507 e. The number of aliphatic hydroxyl groups excluding tert-OH is 1. The highest BCUT2D eigenvalue weighted by atomic mass is 35.5. The third-order valence-corrected chi connectivity index (χ3v) is 2.32. The van der Waals surface area contributed by atoms with E-state index in [1.165, 1.54) is 0 Å². The molecule has 0 saturated carbocycles. The Kier molecular flexibility index (Phi) is 4.39. The van der Waals surface area contributed by atoms with Crippen LogP contribution in [0.25, 0.3) is 0 Å². The lowest BCUT2D eigenvalue weighted by Crippen LogP contribution is -2.23. The number of benzene rings is 1. The molecule has 0 aliphatic heterocycles. The van der Waals surface area contributed by atoms with Gasteiger partial charge >= 0.3 is 0 Å². The molecule has 0 bridgehead atoms. The SMILES string of the molecule is Cc1cc(Cl)cc(CNC[C@H](C)O)c1O. The van der Waals surface area contributed by atoms with Crippen molar-refractivity contribution < 1.29 is 10.2 Å². The topological polar surface area (TPSA) is 52.5 Å². The molecule has 1 atom stereocenters. The lowest BCUT2D eigenvalue weighted by atomic mass is 10.1. The molecule has 0 heterocycles. The van der Waals surface area contributed by atoms with Gasteiger partial charge in [-0.05, 0) is 31.5 Å². The van der Waals surface area contributed by atoms with Gasteiger partial charge in [0, 0.05) is 23.7 Å². The van der Waals surface area contributed by atoms with E-state index in [4.69, 9.17) is 16.7 Å². The van der Waals surface area contributed by atoms with Crippen molar-refractivity contribution in [3.05, 3.63) is 28.3 Å². The van der Waals surface area contributed by atoms with Gasteiger partial charge < -0.3 is 15.5 Å². The molecule has 0 spiro atoms. The van der Waals surface area contributed by atoms with Crippen LogP contribution in [0.5, 0.6) is 5.75 Å². The molecule has 1 aromatic carbocycles. The van der Waals surface area contributed by atoms with E-state index in [1.807, 2.05) is 0 Å². The molecule has 15 heavy (non-hydrogen) atoms. The van der Waals surface area contributed by atoms with Gasteiger partial charge in [0.05, 0.1) is 6.10 Å². The zero-order valence-corrected chi connectivity index (χ0v) is 9.67. The second-order valence-electron chi connectivity index (χ2n) is 3.71. The maximum absolute atomic E-state index is 9.73. The first-order valence-corrected chi connectivity index (χ1v) is 5.25. The quantitative estimate of drug-likeness (QED) is 0.738. The molecule has 0 aliphatic carbocycles. The highest BCUT2D eigenvalue weighted by Crippen LogP contribution is 2.26. The fourth-order valence-electron chi connectivity index (χ4n) is 1.36. The van der Waals surface area contributed by atoms with Crippen LogP contribution in [-0.4, -0.2) is 22.9 Å². The highest BCUT2D eigenvalue weighted by molar-refractivity contribution is 6.30. The van der Waals surface area contributed by atoms with E-state index in [-0.39, 0.29) is 5.75 Å². The second-order valence-corrected chi connectivity index (χ2v) is 4.15. The third-order valence-electron chi connectivity index (χ3n) is 2.10. The van der Waals surface area contributed by atoms with Crippen molar-refractivity contribution in [2.45, 2.75) is 26.5 Å². The number of rotatable bonds is 4. The molecule has 0 fully saturated rings. The van der Waals surface area contributed by atoms with E-state index in [9.17, 15) is 5.11 Å². The molecule has 0 aromatic heterocycles. The summed E-state index contributed by atoms with van der Waals surface area (Å²) in [6.45, 7) is 4.50. The molecule has 0 unspecified atom stereocenters. The highest BCUT2D eigenvalue weighted by Gasteiger charge is 2.06. The predicted molar refractivity (Wildman–Crippen MR) is 61.2 cm³/mol. The predicted octanol–water partition coefficient (Wildman–Crippen LogP) is 1.82. The van der Waals surface area contributed by atoms with Crippen molar-refractivity contribution in [3.63, 3.8) is 0 Å². The number of hydrogen-bond donors (Lipinski definition) is 3. The van der Waals surface area contributed by atoms with Crippen molar-refractivity contribution in [1.82, 2.24) is 5.32 Å². The molecule has 0 amide bonds. The molecule has 3 N–H and O–H groups in total. The van der Waals surface area contributed by atoms with Gasteiger partial charge in [-0.2, -0.15) is 0 Å². The molecule has 1 rings (SSSR count). The number of phenols is 1. The number of halogens is 1. The summed E-state index contributed by atoms with van der Waals surface area (Å²) in [6.07, 6.45) is -0.396. The molecule has 0 saturated heterocycles. The van der Waals surface area contributed by atoms with E-state index in [0.29, 0.717) is 18.1 Å². The lowest BCUT2D eigenvalue weighted by molar-refractivity contribution is 0.191. The molecule has 0 radical (unpaired) electrons. The van der Waals surface area contributed by atoms with E-state index in [1.54, 1.807) is 26.0 Å². The van der Waals surface area contributed by atoms with Crippen LogP contribution in [0.2, 0.25) is 5.02 Å². The smallest absolute Gasteiger partial charge is 0.123 e. The minimum absolute atomic E-state index is 0.262. The minimum Gasteiger partial charge on any atom is -0.507 e. The number of hydrogen-bond acceptors (Lipinski definition) is 3. The fraction of sp³-hybridized carbons (Fsp3) is 0.455. The number of aliphatic hydroxyl groups is 1. The van der Waals surface area contributed by atoms with Gasteiger partial charge in [-0.3, -0.25) is 0 Å². The van der Waals surface area contributed by atoms with Gasteiger partial charge in [0.1, 0.15) is 5.75 Å². The van der Waals surface area contributed by atoms with Gasteiger partial charge in [0.15, 0.2) is 0 Å². The molecular weight excluding hydrogens is 214 g/mol. The Bertz CT molecular complexity index is 340. The first kappa shape index (κ1) is 12.3. The van der Waals surface area contributed by atoms with Crippen LogP contribution in [0.3, 0.4) is 0 Å². The van der Waals surface area contributed by atoms with Crippen molar-refractivity contribution in [3.8, 4) is 5.75 Å². The summed E-state index contributed by atoms with van der Waals surface area (Å²) in [5.41, 5.74) is 1.51. The summed E-state index contributed by atoms with van der Waals surface area (Å²) in [5, 5.41) is 22.4. The van der Waals surface area contributed by atoms with Crippen LogP contribution in [0.4, 0.5) is 0 Å². The van der Waals surface area contributed by atoms with Crippen LogP contribution in [0.15, 0.2) is 12.1 Å². The van der Waals surface area contributed by atoms with Crippen LogP contribution >= 0.6 is 11.6 Å². The standard InChI is InChI=1S/C11H16ClNO2/c1-7-3-10(12)4-9(11(7)15)6-13-5-8(2)14/h3-4,8,13-15H,5-6H2,1-2H3/t8-/m0/s1. The van der Waals surface area contributed by atoms with Gasteiger partial charge in [-0.25, -0.2) is 0 Å². The first-order valence-electron chi connectivity index (χ1n) is 4.87. The van der Waals surface area contributed by atoms with Crippen LogP contribution < -0.4 is 5.32 Å². The van der Waals surface area contributed by atoms with Crippen molar-refractivity contribution in [2.24, 2.45) is 0 Å². The number of phenolic OH excluding ortho intramolecular Hbond substituents is 1. The summed E-state index contributed by atoms with van der Waals surface area (Å²) in [7, 11) is 0. The normalized spacial score (nSPS) is 12.8. The maximum atomic E-state index is 9.73. The molecule has 0 aliphatic rings. The number of nitrogens with one attached hydrogen (secondary N) is 1. The Hall–Kier alpha value is -0.770. The van der Waals surface area contributed by atoms with E-state index in [2.05, 4.69) is 5.32 Å². The number of aryl methyl sites for hydroxylation is 1. The Balaban J connectivity index is 2.68. The molecule has 3 nitrogen and oxygen atoms in total.